The smallest absolute Gasteiger partial charge is 0.415 e. The monoisotopic (exact) mass is 304 g/mol. The molecule has 7 heteroatoms. The van der Waals surface area contributed by atoms with Gasteiger partial charge in [0.2, 0.25) is 5.91 Å². The van der Waals surface area contributed by atoms with Crippen molar-refractivity contribution in [1.82, 2.24) is 14.9 Å². The van der Waals surface area contributed by atoms with Crippen LogP contribution in [-0.4, -0.2) is 52.6 Å². The van der Waals surface area contributed by atoms with E-state index in [0.29, 0.717) is 18.3 Å². The van der Waals surface area contributed by atoms with Crippen molar-refractivity contribution in [3.05, 3.63) is 18.1 Å². The lowest BCUT2D eigenvalue weighted by Crippen LogP contribution is -2.36. The third-order valence-corrected chi connectivity index (χ3v) is 4.26. The molecule has 2 amide bonds. The van der Waals surface area contributed by atoms with Crippen molar-refractivity contribution in [2.24, 2.45) is 0 Å². The lowest BCUT2D eigenvalue weighted by atomic mass is 9.94. The van der Waals surface area contributed by atoms with Crippen LogP contribution in [0.2, 0.25) is 0 Å². The van der Waals surface area contributed by atoms with Gasteiger partial charge in [0, 0.05) is 25.9 Å². The molecule has 3 rings (SSSR count). The summed E-state index contributed by atoms with van der Waals surface area (Å²) in [7, 11) is 0. The van der Waals surface area contributed by atoms with Crippen molar-refractivity contribution in [3.8, 4) is 0 Å². The molecule has 0 saturated carbocycles. The number of likely N-dealkylation sites (tertiary alicyclic amines) is 1. The average Bonchev–Trinajstić information content (AvgIpc) is 2.86. The van der Waals surface area contributed by atoms with Crippen molar-refractivity contribution in [2.45, 2.75) is 38.7 Å². The topological polar surface area (TPSA) is 75.6 Å². The minimum atomic E-state index is -0.371. The Morgan fingerprint density at radius 1 is 1.27 bits per heavy atom. The summed E-state index contributed by atoms with van der Waals surface area (Å²) in [6.07, 6.45) is 4.67. The highest BCUT2D eigenvalue weighted by atomic mass is 16.6. The first-order valence-corrected chi connectivity index (χ1v) is 7.60. The van der Waals surface area contributed by atoms with E-state index in [0.717, 1.165) is 31.6 Å². The summed E-state index contributed by atoms with van der Waals surface area (Å²) in [4.78, 5) is 35.2. The predicted octanol–water partition coefficient (Wildman–Crippen LogP) is 1.55. The van der Waals surface area contributed by atoms with Crippen LogP contribution in [0.5, 0.6) is 0 Å². The molecule has 22 heavy (non-hydrogen) atoms. The van der Waals surface area contributed by atoms with Gasteiger partial charge in [0.05, 0.1) is 24.6 Å². The molecule has 3 heterocycles. The first kappa shape index (κ1) is 14.7. The van der Waals surface area contributed by atoms with Gasteiger partial charge >= 0.3 is 6.09 Å². The van der Waals surface area contributed by atoms with Crippen molar-refractivity contribution >= 4 is 17.8 Å². The summed E-state index contributed by atoms with van der Waals surface area (Å²) < 4.78 is 5.09. The third kappa shape index (κ3) is 2.88. The summed E-state index contributed by atoms with van der Waals surface area (Å²) in [6, 6.07) is 0. The van der Waals surface area contributed by atoms with Gasteiger partial charge in [-0.15, -0.1) is 0 Å². The van der Waals surface area contributed by atoms with Crippen LogP contribution in [0.4, 0.5) is 10.6 Å². The summed E-state index contributed by atoms with van der Waals surface area (Å²) in [5.74, 6) is 0.974. The lowest BCUT2D eigenvalue weighted by Gasteiger charge is -2.30. The van der Waals surface area contributed by atoms with Crippen LogP contribution in [0.3, 0.4) is 0 Å². The molecule has 0 spiro atoms. The molecule has 2 saturated heterocycles. The largest absolute Gasteiger partial charge is 0.444 e. The fraction of sp³-hybridized carbons (Fsp3) is 0.600. The second kappa shape index (κ2) is 5.90. The molecule has 7 nitrogen and oxygen atoms in total. The summed E-state index contributed by atoms with van der Waals surface area (Å²) >= 11 is 0. The van der Waals surface area contributed by atoms with Gasteiger partial charge in [-0.2, -0.15) is 0 Å². The van der Waals surface area contributed by atoms with E-state index in [9.17, 15) is 9.59 Å². The molecule has 1 aromatic heterocycles. The zero-order valence-corrected chi connectivity index (χ0v) is 12.9. The second-order valence-corrected chi connectivity index (χ2v) is 5.88. The lowest BCUT2D eigenvalue weighted by molar-refractivity contribution is -0.129. The number of cyclic esters (lactones) is 1. The summed E-state index contributed by atoms with van der Waals surface area (Å²) in [6.45, 7) is 5.48. The molecular formula is C15H20N4O3. The normalized spacial score (nSPS) is 22.8. The number of piperidine rings is 1. The number of ether oxygens (including phenoxy) is 1. The molecule has 2 aliphatic heterocycles. The van der Waals surface area contributed by atoms with Crippen LogP contribution in [0, 0.1) is 0 Å². The van der Waals surface area contributed by atoms with Gasteiger partial charge in [-0.25, -0.2) is 9.78 Å². The van der Waals surface area contributed by atoms with E-state index >= 15 is 0 Å². The minimum absolute atomic E-state index is 0.120. The van der Waals surface area contributed by atoms with Crippen LogP contribution >= 0.6 is 0 Å². The number of nitrogens with zero attached hydrogens (tertiary/aromatic N) is 4. The molecule has 1 unspecified atom stereocenters. The van der Waals surface area contributed by atoms with Crippen molar-refractivity contribution < 1.29 is 14.3 Å². The van der Waals surface area contributed by atoms with Gasteiger partial charge < -0.3 is 9.64 Å². The van der Waals surface area contributed by atoms with E-state index in [2.05, 4.69) is 9.97 Å². The number of rotatable bonds is 2. The highest BCUT2D eigenvalue weighted by molar-refractivity contribution is 5.88. The highest BCUT2D eigenvalue weighted by Crippen LogP contribution is 2.27. The Bertz CT molecular complexity index is 567. The average molecular weight is 304 g/mol. The van der Waals surface area contributed by atoms with E-state index in [1.807, 2.05) is 11.8 Å². The maximum absolute atomic E-state index is 11.7. The highest BCUT2D eigenvalue weighted by Gasteiger charge is 2.31. The molecule has 0 radical (unpaired) electrons. The molecule has 2 fully saturated rings. The van der Waals surface area contributed by atoms with Crippen molar-refractivity contribution in [1.29, 1.82) is 0 Å². The molecule has 118 valence electrons. The molecule has 0 bridgehead atoms. The molecule has 0 aromatic carbocycles. The SMILES string of the molecule is CC(=O)N1CCC(c2cnc(N3CC(C)OC3=O)cn2)CC1. The quantitative estimate of drug-likeness (QED) is 0.828. The first-order chi connectivity index (χ1) is 10.5. The van der Waals surface area contributed by atoms with Gasteiger partial charge in [-0.3, -0.25) is 14.7 Å². The number of carbonyl (C=O) groups is 2. The van der Waals surface area contributed by atoms with Gasteiger partial charge in [0.25, 0.3) is 0 Å². The number of carbonyl (C=O) groups excluding carboxylic acids is 2. The number of hydrogen-bond acceptors (Lipinski definition) is 5. The van der Waals surface area contributed by atoms with E-state index in [1.165, 1.54) is 4.90 Å². The summed E-state index contributed by atoms with van der Waals surface area (Å²) in [5, 5.41) is 0. The maximum Gasteiger partial charge on any atom is 0.415 e. The fourth-order valence-corrected chi connectivity index (χ4v) is 2.96. The Hall–Kier alpha value is -2.18. The van der Waals surface area contributed by atoms with Gasteiger partial charge in [-0.05, 0) is 19.8 Å². The minimum Gasteiger partial charge on any atom is -0.444 e. The molecule has 0 aliphatic carbocycles. The van der Waals surface area contributed by atoms with E-state index in [1.54, 1.807) is 19.3 Å². The Kier molecular flexibility index (Phi) is 3.96. The van der Waals surface area contributed by atoms with Gasteiger partial charge in [-0.1, -0.05) is 0 Å². The molecule has 1 atom stereocenters. The number of amides is 2. The fourth-order valence-electron chi connectivity index (χ4n) is 2.96. The maximum atomic E-state index is 11.7. The number of aromatic nitrogens is 2. The summed E-state index contributed by atoms with van der Waals surface area (Å²) in [5.41, 5.74) is 0.924. The molecular weight excluding hydrogens is 284 g/mol. The standard InChI is InChI=1S/C15H20N4O3/c1-10-9-19(15(21)22-10)14-8-16-13(7-17-14)12-3-5-18(6-4-12)11(2)20/h7-8,10,12H,3-6,9H2,1-2H3. The Labute approximate surface area is 129 Å². The van der Waals surface area contributed by atoms with Gasteiger partial charge in [0.1, 0.15) is 6.10 Å². The van der Waals surface area contributed by atoms with Gasteiger partial charge in [0.15, 0.2) is 5.82 Å². The van der Waals surface area contributed by atoms with Crippen LogP contribution in [-0.2, 0) is 9.53 Å². The molecule has 0 N–H and O–H groups in total. The molecule has 2 aliphatic rings. The zero-order chi connectivity index (χ0) is 15.7. The zero-order valence-electron chi connectivity index (χ0n) is 12.9. The van der Waals surface area contributed by atoms with Crippen molar-refractivity contribution in [3.63, 3.8) is 0 Å². The Morgan fingerprint density at radius 2 is 2.00 bits per heavy atom. The first-order valence-electron chi connectivity index (χ1n) is 7.60. The van der Waals surface area contributed by atoms with E-state index < -0.39 is 0 Å². The Morgan fingerprint density at radius 3 is 2.50 bits per heavy atom. The van der Waals surface area contributed by atoms with Crippen LogP contribution in [0.1, 0.15) is 38.3 Å². The predicted molar refractivity (Wildman–Crippen MR) is 79.6 cm³/mol. The van der Waals surface area contributed by atoms with Crippen LogP contribution in [0.15, 0.2) is 12.4 Å². The molecule has 1 aromatic rings. The number of anilines is 1. The van der Waals surface area contributed by atoms with E-state index in [4.69, 9.17) is 4.74 Å². The second-order valence-electron chi connectivity index (χ2n) is 5.88. The number of hydrogen-bond donors (Lipinski definition) is 0. The Balaban J connectivity index is 1.65. The van der Waals surface area contributed by atoms with Crippen LogP contribution in [0.25, 0.3) is 0 Å². The van der Waals surface area contributed by atoms with Crippen LogP contribution < -0.4 is 4.90 Å². The third-order valence-electron chi connectivity index (χ3n) is 4.26. The van der Waals surface area contributed by atoms with E-state index in [-0.39, 0.29) is 18.1 Å². The van der Waals surface area contributed by atoms with Crippen molar-refractivity contribution in [2.75, 3.05) is 24.5 Å².